The average Bonchev–Trinajstić information content (AvgIpc) is 2.49. The lowest BCUT2D eigenvalue weighted by molar-refractivity contribution is -0.132. The van der Waals surface area contributed by atoms with Crippen molar-refractivity contribution in [1.82, 2.24) is 14.8 Å². The van der Waals surface area contributed by atoms with Crippen molar-refractivity contribution in [1.29, 1.82) is 0 Å². The number of rotatable bonds is 3. The fourth-order valence-electron chi connectivity index (χ4n) is 2.32. The lowest BCUT2D eigenvalue weighted by Crippen LogP contribution is -2.39. The molecule has 1 aromatic heterocycles. The van der Waals surface area contributed by atoms with Crippen LogP contribution in [0.15, 0.2) is 23.1 Å². The van der Waals surface area contributed by atoms with Crippen molar-refractivity contribution in [3.63, 3.8) is 0 Å². The molecular formula is C14H19N3O3. The number of nitrogens with zero attached hydrogens (tertiary/aromatic N) is 2. The molecule has 6 nitrogen and oxygen atoms in total. The van der Waals surface area contributed by atoms with E-state index in [1.54, 1.807) is 4.90 Å². The number of nitrogens with one attached hydrogen (secondary N) is 1. The largest absolute Gasteiger partial charge is 0.355 e. The van der Waals surface area contributed by atoms with Gasteiger partial charge >= 0.3 is 0 Å². The molecule has 6 heteroatoms. The molecule has 0 radical (unpaired) electrons. The van der Waals surface area contributed by atoms with E-state index in [0.717, 1.165) is 32.4 Å². The second-order valence-electron chi connectivity index (χ2n) is 4.90. The maximum atomic E-state index is 12.1. The van der Waals surface area contributed by atoms with Gasteiger partial charge in [-0.25, -0.2) is 0 Å². The number of piperidine rings is 1. The van der Waals surface area contributed by atoms with Gasteiger partial charge in [-0.2, -0.15) is 0 Å². The SMILES string of the molecule is CNC(=O)c1ccc(=O)n(CC(=O)N2CCCCC2)c1. The highest BCUT2D eigenvalue weighted by molar-refractivity contribution is 5.93. The van der Waals surface area contributed by atoms with Gasteiger partial charge in [-0.1, -0.05) is 0 Å². The first kappa shape index (κ1) is 14.3. The first-order valence-electron chi connectivity index (χ1n) is 6.82. The van der Waals surface area contributed by atoms with E-state index in [9.17, 15) is 14.4 Å². The molecule has 1 N–H and O–H groups in total. The zero-order chi connectivity index (χ0) is 14.5. The summed E-state index contributed by atoms with van der Waals surface area (Å²) < 4.78 is 1.29. The molecule has 1 fully saturated rings. The van der Waals surface area contributed by atoms with Gasteiger partial charge in [-0.3, -0.25) is 14.4 Å². The zero-order valence-electron chi connectivity index (χ0n) is 11.6. The third kappa shape index (κ3) is 3.26. The normalized spacial score (nSPS) is 14.9. The minimum absolute atomic E-state index is 0.0103. The summed E-state index contributed by atoms with van der Waals surface area (Å²) in [7, 11) is 1.52. The van der Waals surface area contributed by atoms with E-state index in [2.05, 4.69) is 5.32 Å². The van der Waals surface area contributed by atoms with Crippen LogP contribution in [0.5, 0.6) is 0 Å². The van der Waals surface area contributed by atoms with Crippen molar-refractivity contribution < 1.29 is 9.59 Å². The Balaban J connectivity index is 2.13. The van der Waals surface area contributed by atoms with Crippen molar-refractivity contribution in [2.24, 2.45) is 0 Å². The van der Waals surface area contributed by atoms with Crippen LogP contribution in [-0.2, 0) is 11.3 Å². The predicted octanol–water partition coefficient (Wildman–Crippen LogP) is 0.220. The summed E-state index contributed by atoms with van der Waals surface area (Å²) in [5, 5.41) is 2.49. The predicted molar refractivity (Wildman–Crippen MR) is 74.5 cm³/mol. The van der Waals surface area contributed by atoms with E-state index in [4.69, 9.17) is 0 Å². The molecule has 20 heavy (non-hydrogen) atoms. The zero-order valence-corrected chi connectivity index (χ0v) is 11.6. The van der Waals surface area contributed by atoms with Gasteiger partial charge < -0.3 is 14.8 Å². The van der Waals surface area contributed by atoms with Crippen molar-refractivity contribution in [3.8, 4) is 0 Å². The molecule has 0 aliphatic carbocycles. The lowest BCUT2D eigenvalue weighted by Gasteiger charge is -2.26. The molecule has 108 valence electrons. The number of carbonyl (C=O) groups is 2. The Bertz CT molecular complexity index is 559. The lowest BCUT2D eigenvalue weighted by atomic mass is 10.1. The van der Waals surface area contributed by atoms with Crippen LogP contribution in [0.3, 0.4) is 0 Å². The average molecular weight is 277 g/mol. The van der Waals surface area contributed by atoms with Gasteiger partial charge in [0.05, 0.1) is 5.56 Å². The number of carbonyl (C=O) groups excluding carboxylic acids is 2. The van der Waals surface area contributed by atoms with E-state index in [1.165, 1.54) is 29.9 Å². The Morgan fingerprint density at radius 2 is 1.90 bits per heavy atom. The fraction of sp³-hybridized carbons (Fsp3) is 0.500. The van der Waals surface area contributed by atoms with Crippen LogP contribution in [0.2, 0.25) is 0 Å². The Hall–Kier alpha value is -2.11. The molecule has 2 heterocycles. The summed E-state index contributed by atoms with van der Waals surface area (Å²) in [4.78, 5) is 37.2. The standard InChI is InChI=1S/C14H19N3O3/c1-15-14(20)11-5-6-12(18)17(9-11)10-13(19)16-7-3-2-4-8-16/h5-6,9H,2-4,7-8,10H2,1H3,(H,15,20). The van der Waals surface area contributed by atoms with Gasteiger partial charge in [0.1, 0.15) is 6.54 Å². The molecule has 0 unspecified atom stereocenters. The highest BCUT2D eigenvalue weighted by atomic mass is 16.2. The van der Waals surface area contributed by atoms with Crippen LogP contribution >= 0.6 is 0 Å². The van der Waals surface area contributed by atoms with Crippen LogP contribution in [0, 0.1) is 0 Å². The Morgan fingerprint density at radius 3 is 2.55 bits per heavy atom. The number of pyridine rings is 1. The Labute approximate surface area is 117 Å². The number of hydrogen-bond acceptors (Lipinski definition) is 3. The summed E-state index contributed by atoms with van der Waals surface area (Å²) >= 11 is 0. The second-order valence-corrected chi connectivity index (χ2v) is 4.90. The highest BCUT2D eigenvalue weighted by Gasteiger charge is 2.17. The molecular weight excluding hydrogens is 258 g/mol. The van der Waals surface area contributed by atoms with Gasteiger partial charge in [0.15, 0.2) is 0 Å². The van der Waals surface area contributed by atoms with E-state index in [1.807, 2.05) is 0 Å². The Morgan fingerprint density at radius 1 is 1.20 bits per heavy atom. The molecule has 2 rings (SSSR count). The van der Waals surface area contributed by atoms with Gasteiger partial charge in [0.2, 0.25) is 5.91 Å². The van der Waals surface area contributed by atoms with Gasteiger partial charge in [0, 0.05) is 32.4 Å². The van der Waals surface area contributed by atoms with Crippen molar-refractivity contribution in [2.75, 3.05) is 20.1 Å². The third-order valence-electron chi connectivity index (χ3n) is 3.49. The van der Waals surface area contributed by atoms with Crippen LogP contribution in [0.1, 0.15) is 29.6 Å². The molecule has 1 saturated heterocycles. The minimum atomic E-state index is -0.275. The summed E-state index contributed by atoms with van der Waals surface area (Å²) in [5.41, 5.74) is 0.0987. The van der Waals surface area contributed by atoms with Crippen molar-refractivity contribution >= 4 is 11.8 Å². The van der Waals surface area contributed by atoms with Crippen LogP contribution in [0.25, 0.3) is 0 Å². The second kappa shape index (κ2) is 6.36. The van der Waals surface area contributed by atoms with Crippen molar-refractivity contribution in [2.45, 2.75) is 25.8 Å². The van der Waals surface area contributed by atoms with Crippen LogP contribution in [0.4, 0.5) is 0 Å². The smallest absolute Gasteiger partial charge is 0.252 e. The fourth-order valence-corrected chi connectivity index (χ4v) is 2.32. The van der Waals surface area contributed by atoms with E-state index >= 15 is 0 Å². The molecule has 2 amide bonds. The molecule has 0 spiro atoms. The highest BCUT2D eigenvalue weighted by Crippen LogP contribution is 2.09. The van der Waals surface area contributed by atoms with Gasteiger partial charge in [-0.15, -0.1) is 0 Å². The molecule has 1 aliphatic heterocycles. The maximum absolute atomic E-state index is 12.1. The number of likely N-dealkylation sites (tertiary alicyclic amines) is 1. The van der Waals surface area contributed by atoms with Crippen molar-refractivity contribution in [3.05, 3.63) is 34.2 Å². The Kier molecular flexibility index (Phi) is 4.55. The van der Waals surface area contributed by atoms with Gasteiger partial charge in [-0.05, 0) is 25.3 Å². The van der Waals surface area contributed by atoms with E-state index in [-0.39, 0.29) is 23.9 Å². The summed E-state index contributed by atoms with van der Waals surface area (Å²) in [6.07, 6.45) is 4.61. The quantitative estimate of drug-likeness (QED) is 0.859. The van der Waals surface area contributed by atoms with Crippen LogP contribution < -0.4 is 10.9 Å². The summed E-state index contributed by atoms with van der Waals surface area (Å²) in [6, 6.07) is 2.77. The number of amides is 2. The summed E-state index contributed by atoms with van der Waals surface area (Å²) in [6.45, 7) is 1.50. The molecule has 1 aromatic rings. The maximum Gasteiger partial charge on any atom is 0.252 e. The molecule has 0 bridgehead atoms. The minimum Gasteiger partial charge on any atom is -0.355 e. The molecule has 0 aromatic carbocycles. The van der Waals surface area contributed by atoms with E-state index < -0.39 is 0 Å². The first-order valence-corrected chi connectivity index (χ1v) is 6.82. The third-order valence-corrected chi connectivity index (χ3v) is 3.49. The summed E-state index contributed by atoms with van der Waals surface area (Å²) in [5.74, 6) is -0.343. The number of aromatic nitrogens is 1. The van der Waals surface area contributed by atoms with Crippen LogP contribution in [-0.4, -0.2) is 41.4 Å². The monoisotopic (exact) mass is 277 g/mol. The topological polar surface area (TPSA) is 71.4 Å². The number of hydrogen-bond donors (Lipinski definition) is 1. The van der Waals surface area contributed by atoms with Gasteiger partial charge in [0.25, 0.3) is 11.5 Å². The van der Waals surface area contributed by atoms with E-state index in [0.29, 0.717) is 5.56 Å². The first-order chi connectivity index (χ1) is 9.61. The molecule has 1 aliphatic rings. The molecule has 0 saturated carbocycles. The molecule has 0 atom stereocenters.